The van der Waals surface area contributed by atoms with Gasteiger partial charge < -0.3 is 4.90 Å². The first-order valence-corrected chi connectivity index (χ1v) is 17.6. The summed E-state index contributed by atoms with van der Waals surface area (Å²) in [5.74, 6) is 3.45. The van der Waals surface area contributed by atoms with Gasteiger partial charge in [-0.15, -0.1) is 0 Å². The third-order valence-corrected chi connectivity index (χ3v) is 12.2. The van der Waals surface area contributed by atoms with Crippen molar-refractivity contribution in [1.29, 1.82) is 0 Å². The molecule has 1 spiro atoms. The lowest BCUT2D eigenvalue weighted by molar-refractivity contribution is -0.0399. The Labute approximate surface area is 278 Å². The lowest BCUT2D eigenvalue weighted by Gasteiger charge is -2.61. The van der Waals surface area contributed by atoms with Gasteiger partial charge in [-0.25, -0.2) is 0 Å². The second kappa shape index (κ2) is 10.6. The van der Waals surface area contributed by atoms with E-state index in [0.717, 1.165) is 23.7 Å². The van der Waals surface area contributed by atoms with Gasteiger partial charge >= 0.3 is 0 Å². The van der Waals surface area contributed by atoms with E-state index in [1.54, 1.807) is 11.1 Å². The van der Waals surface area contributed by atoms with Gasteiger partial charge in [0.1, 0.15) is 0 Å². The van der Waals surface area contributed by atoms with Crippen molar-refractivity contribution in [3.8, 4) is 33.4 Å². The van der Waals surface area contributed by atoms with E-state index in [0.29, 0.717) is 0 Å². The van der Waals surface area contributed by atoms with Crippen molar-refractivity contribution < 1.29 is 0 Å². The largest absolute Gasteiger partial charge is 0.310 e. The van der Waals surface area contributed by atoms with E-state index in [9.17, 15) is 0 Å². The van der Waals surface area contributed by atoms with Crippen molar-refractivity contribution in [2.24, 2.45) is 23.7 Å². The maximum atomic E-state index is 2.54. The van der Waals surface area contributed by atoms with Crippen molar-refractivity contribution in [3.63, 3.8) is 0 Å². The zero-order chi connectivity index (χ0) is 31.0. The topological polar surface area (TPSA) is 3.24 Å². The minimum absolute atomic E-state index is 0.188. The molecule has 0 heterocycles. The zero-order valence-corrected chi connectivity index (χ0v) is 26.7. The molecule has 6 aromatic rings. The molecular formula is C46H39N. The van der Waals surface area contributed by atoms with E-state index >= 15 is 0 Å². The fraction of sp³-hybridized carbons (Fsp3) is 0.217. The van der Waals surface area contributed by atoms with Gasteiger partial charge in [0.05, 0.1) is 0 Å². The Hall–Kier alpha value is -4.88. The maximum Gasteiger partial charge on any atom is 0.0468 e. The molecule has 11 rings (SSSR count). The van der Waals surface area contributed by atoms with Crippen LogP contribution >= 0.6 is 0 Å². The highest BCUT2D eigenvalue weighted by atomic mass is 15.1. The third-order valence-electron chi connectivity index (χ3n) is 12.2. The molecule has 0 saturated heterocycles. The highest BCUT2D eigenvalue weighted by Crippen LogP contribution is 2.69. The molecule has 0 aromatic heterocycles. The molecule has 0 unspecified atom stereocenters. The van der Waals surface area contributed by atoms with Gasteiger partial charge in [0.2, 0.25) is 0 Å². The molecule has 0 atom stereocenters. The van der Waals surface area contributed by atoms with Gasteiger partial charge in [-0.3, -0.25) is 0 Å². The first kappa shape index (κ1) is 27.3. The van der Waals surface area contributed by atoms with Crippen molar-refractivity contribution in [1.82, 2.24) is 0 Å². The molecule has 4 bridgehead atoms. The van der Waals surface area contributed by atoms with Gasteiger partial charge in [-0.2, -0.15) is 0 Å². The molecule has 6 aromatic carbocycles. The van der Waals surface area contributed by atoms with Crippen LogP contribution in [0, 0.1) is 23.7 Å². The molecule has 47 heavy (non-hydrogen) atoms. The minimum atomic E-state index is 0.188. The number of hydrogen-bond donors (Lipinski definition) is 0. The van der Waals surface area contributed by atoms with E-state index in [1.165, 1.54) is 82.5 Å². The summed E-state index contributed by atoms with van der Waals surface area (Å²) in [5.41, 5.74) is 14.8. The Morgan fingerprint density at radius 1 is 0.383 bits per heavy atom. The molecule has 0 aliphatic heterocycles. The molecule has 228 valence electrons. The quantitative estimate of drug-likeness (QED) is 0.189. The summed E-state index contributed by atoms with van der Waals surface area (Å²) >= 11 is 0. The fourth-order valence-corrected chi connectivity index (χ4v) is 10.6. The van der Waals surface area contributed by atoms with Crippen molar-refractivity contribution in [2.45, 2.75) is 37.5 Å². The Kier molecular flexibility index (Phi) is 6.13. The third kappa shape index (κ3) is 4.15. The van der Waals surface area contributed by atoms with Crippen molar-refractivity contribution >= 4 is 17.1 Å². The highest BCUT2D eigenvalue weighted by Gasteiger charge is 2.61. The first-order valence-electron chi connectivity index (χ1n) is 17.6. The molecule has 5 aliphatic rings. The van der Waals surface area contributed by atoms with Crippen molar-refractivity contribution in [3.05, 3.63) is 163 Å². The first-order chi connectivity index (χ1) is 23.3. The average molecular weight is 606 g/mol. The molecule has 4 saturated carbocycles. The Bertz CT molecular complexity index is 2060. The summed E-state index contributed by atoms with van der Waals surface area (Å²) < 4.78 is 0. The molecule has 0 radical (unpaired) electrons. The minimum Gasteiger partial charge on any atom is -0.310 e. The maximum absolute atomic E-state index is 2.54. The van der Waals surface area contributed by atoms with Gasteiger partial charge in [-0.05, 0) is 137 Å². The van der Waals surface area contributed by atoms with Gasteiger partial charge in [0.15, 0.2) is 0 Å². The summed E-state index contributed by atoms with van der Waals surface area (Å²) in [4.78, 5) is 2.46. The second-order valence-electron chi connectivity index (χ2n) is 14.6. The van der Waals surface area contributed by atoms with Crippen LogP contribution in [0.15, 0.2) is 152 Å². The van der Waals surface area contributed by atoms with Crippen LogP contribution in [0.1, 0.15) is 43.2 Å². The van der Waals surface area contributed by atoms with E-state index in [-0.39, 0.29) is 5.41 Å². The lowest BCUT2D eigenvalue weighted by Crippen LogP contribution is -2.55. The number of fused-ring (bicyclic) bond motifs is 3. The molecule has 1 nitrogen and oxygen atoms in total. The second-order valence-corrected chi connectivity index (χ2v) is 14.6. The molecule has 5 aliphatic carbocycles. The molecule has 0 amide bonds. The van der Waals surface area contributed by atoms with Gasteiger partial charge in [0, 0.05) is 22.5 Å². The van der Waals surface area contributed by atoms with E-state index in [1.807, 2.05) is 0 Å². The Morgan fingerprint density at radius 3 is 1.62 bits per heavy atom. The van der Waals surface area contributed by atoms with Crippen LogP contribution in [0.2, 0.25) is 0 Å². The monoisotopic (exact) mass is 605 g/mol. The predicted octanol–water partition coefficient (Wildman–Crippen LogP) is 12.2. The van der Waals surface area contributed by atoms with E-state index in [4.69, 9.17) is 0 Å². The number of rotatable bonds is 5. The van der Waals surface area contributed by atoms with Gasteiger partial charge in [-0.1, -0.05) is 115 Å². The summed E-state index contributed by atoms with van der Waals surface area (Å²) in [6, 6.07) is 56.5. The number of benzene rings is 6. The van der Waals surface area contributed by atoms with Crippen LogP contribution < -0.4 is 4.90 Å². The summed E-state index contributed by atoms with van der Waals surface area (Å²) in [7, 11) is 0. The van der Waals surface area contributed by atoms with Crippen LogP contribution in [0.4, 0.5) is 17.1 Å². The van der Waals surface area contributed by atoms with Crippen LogP contribution in [-0.2, 0) is 5.41 Å². The summed E-state index contributed by atoms with van der Waals surface area (Å²) in [6.07, 6.45) is 7.13. The number of anilines is 3. The van der Waals surface area contributed by atoms with Crippen LogP contribution in [0.25, 0.3) is 33.4 Å². The van der Waals surface area contributed by atoms with E-state index in [2.05, 4.69) is 157 Å². The highest BCUT2D eigenvalue weighted by molar-refractivity contribution is 5.88. The van der Waals surface area contributed by atoms with Crippen LogP contribution in [0.3, 0.4) is 0 Å². The van der Waals surface area contributed by atoms with Crippen LogP contribution in [0.5, 0.6) is 0 Å². The van der Waals surface area contributed by atoms with E-state index < -0.39 is 0 Å². The zero-order valence-electron chi connectivity index (χ0n) is 26.7. The SMILES string of the molecule is c1ccc(-c2ccc(N(c3cccc(-c4ccccc4)c3)c3ccc4c(c3)-c3ccccc3C43C4CC5CC(C4)CC3C5)cc2)cc1. The number of hydrogen-bond acceptors (Lipinski definition) is 1. The number of nitrogens with zero attached hydrogens (tertiary/aromatic N) is 1. The molecule has 4 fully saturated rings. The van der Waals surface area contributed by atoms with Gasteiger partial charge in [0.25, 0.3) is 0 Å². The molecule has 0 N–H and O–H groups in total. The lowest BCUT2D eigenvalue weighted by atomic mass is 9.43. The molecular weight excluding hydrogens is 567 g/mol. The summed E-state index contributed by atoms with van der Waals surface area (Å²) in [5, 5.41) is 0. The Balaban J connectivity index is 1.13. The normalized spacial score (nSPS) is 24.7. The smallest absolute Gasteiger partial charge is 0.0468 e. The average Bonchev–Trinajstić information content (AvgIpc) is 3.42. The van der Waals surface area contributed by atoms with Crippen molar-refractivity contribution in [2.75, 3.05) is 4.90 Å². The fourth-order valence-electron chi connectivity index (χ4n) is 10.6. The standard InChI is InChI=1S/C46H39N/c1-3-10-33(11-4-1)35-18-20-39(21-19-35)47(40-15-9-14-36(29-40)34-12-5-2-6-13-34)41-22-23-45-43(30-41)42-16-7-8-17-44(42)46(45)37-25-31-24-32(27-37)28-38(46)26-31/h1-23,29-32,37-38H,24-28H2. The summed E-state index contributed by atoms with van der Waals surface area (Å²) in [6.45, 7) is 0. The predicted molar refractivity (Wildman–Crippen MR) is 195 cm³/mol. The Morgan fingerprint density at radius 2 is 0.915 bits per heavy atom. The molecule has 1 heteroatoms. The van der Waals surface area contributed by atoms with Crippen LogP contribution in [-0.4, -0.2) is 0 Å².